The quantitative estimate of drug-likeness (QED) is 0.800. The van der Waals surface area contributed by atoms with E-state index in [4.69, 9.17) is 0 Å². The molecule has 0 aromatic carbocycles. The molecule has 24 heavy (non-hydrogen) atoms. The number of piperidine rings is 1. The third-order valence-electron chi connectivity index (χ3n) is 4.83. The van der Waals surface area contributed by atoms with Crippen LogP contribution in [0, 0.1) is 0 Å². The Labute approximate surface area is 156 Å². The lowest BCUT2D eigenvalue weighted by atomic mass is 10.00. The first kappa shape index (κ1) is 21.2. The average molecular weight is 378 g/mol. The Morgan fingerprint density at radius 3 is 2.75 bits per heavy atom. The van der Waals surface area contributed by atoms with E-state index < -0.39 is 0 Å². The first-order valence-electron chi connectivity index (χ1n) is 8.67. The number of fused-ring (bicyclic) bond motifs is 1. The summed E-state index contributed by atoms with van der Waals surface area (Å²) in [6, 6.07) is 0.134. The molecule has 8 heteroatoms. The summed E-state index contributed by atoms with van der Waals surface area (Å²) in [5.41, 5.74) is 0. The van der Waals surface area contributed by atoms with E-state index in [-0.39, 0.29) is 36.8 Å². The molecule has 2 aliphatic rings. The van der Waals surface area contributed by atoms with Crippen LogP contribution < -0.4 is 5.32 Å². The first-order valence-corrected chi connectivity index (χ1v) is 8.67. The van der Waals surface area contributed by atoms with E-state index in [1.807, 2.05) is 7.05 Å². The van der Waals surface area contributed by atoms with Crippen molar-refractivity contribution < 1.29 is 4.79 Å². The molecule has 2 aliphatic heterocycles. The molecule has 1 unspecified atom stereocenters. The molecule has 1 amide bonds. The highest BCUT2D eigenvalue weighted by Crippen LogP contribution is 2.32. The zero-order valence-corrected chi connectivity index (χ0v) is 16.0. The maximum Gasteiger partial charge on any atom is 0.223 e. The Morgan fingerprint density at radius 2 is 1.96 bits per heavy atom. The van der Waals surface area contributed by atoms with Gasteiger partial charge in [-0.1, -0.05) is 0 Å². The van der Waals surface area contributed by atoms with Crippen LogP contribution in [0.5, 0.6) is 0 Å². The topological polar surface area (TPSA) is 63.1 Å². The van der Waals surface area contributed by atoms with Crippen LogP contribution in [0.2, 0.25) is 0 Å². The van der Waals surface area contributed by atoms with Gasteiger partial charge in [-0.15, -0.1) is 35.0 Å². The summed E-state index contributed by atoms with van der Waals surface area (Å²) in [4.78, 5) is 14.6. The van der Waals surface area contributed by atoms with Crippen molar-refractivity contribution in [2.75, 3.05) is 20.1 Å². The van der Waals surface area contributed by atoms with Crippen molar-refractivity contribution in [2.45, 2.75) is 64.0 Å². The zero-order chi connectivity index (χ0) is 15.4. The monoisotopic (exact) mass is 377 g/mol. The van der Waals surface area contributed by atoms with E-state index in [1.165, 1.54) is 19.3 Å². The molecular formula is C16H29Cl2N5O. The fourth-order valence-electron chi connectivity index (χ4n) is 3.64. The second kappa shape index (κ2) is 10.2. The summed E-state index contributed by atoms with van der Waals surface area (Å²) in [5.74, 6) is 2.40. The highest BCUT2D eigenvalue weighted by molar-refractivity contribution is 5.85. The standard InChI is InChI=1S/C16H27N5O.2ClH/c1-17-10-6-9-15(22)20-11-4-2-7-13(20)16-19-18-14-8-3-5-12-21(14)16;;/h13,17H,2-12H2,1H3;2*1H. The molecule has 0 aliphatic carbocycles. The number of likely N-dealkylation sites (tertiary alicyclic amines) is 1. The summed E-state index contributed by atoms with van der Waals surface area (Å²) in [5, 5.41) is 11.9. The number of nitrogens with zero attached hydrogens (tertiary/aromatic N) is 4. The smallest absolute Gasteiger partial charge is 0.223 e. The number of nitrogens with one attached hydrogen (secondary N) is 1. The van der Waals surface area contributed by atoms with Crippen molar-refractivity contribution in [3.8, 4) is 0 Å². The van der Waals surface area contributed by atoms with E-state index in [0.29, 0.717) is 6.42 Å². The normalized spacial score (nSPS) is 19.9. The average Bonchev–Trinajstić information content (AvgIpc) is 2.99. The fraction of sp³-hybridized carbons (Fsp3) is 0.812. The molecule has 1 aromatic heterocycles. The van der Waals surface area contributed by atoms with Gasteiger partial charge in [-0.25, -0.2) is 0 Å². The molecular weight excluding hydrogens is 349 g/mol. The Hall–Kier alpha value is -0.850. The van der Waals surface area contributed by atoms with Gasteiger partial charge in [-0.3, -0.25) is 4.79 Å². The minimum absolute atomic E-state index is 0. The van der Waals surface area contributed by atoms with Crippen LogP contribution in [-0.2, 0) is 17.8 Å². The van der Waals surface area contributed by atoms with Crippen molar-refractivity contribution in [3.63, 3.8) is 0 Å². The Morgan fingerprint density at radius 1 is 1.17 bits per heavy atom. The van der Waals surface area contributed by atoms with Gasteiger partial charge in [0.2, 0.25) is 5.91 Å². The number of rotatable bonds is 5. The van der Waals surface area contributed by atoms with Crippen LogP contribution in [-0.4, -0.2) is 45.7 Å². The number of aromatic nitrogens is 3. The summed E-state index contributed by atoms with van der Waals surface area (Å²) in [6.45, 7) is 2.77. The predicted octanol–water partition coefficient (Wildman–Crippen LogP) is 2.51. The molecule has 1 fully saturated rings. The molecule has 3 heterocycles. The zero-order valence-electron chi connectivity index (χ0n) is 14.4. The predicted molar refractivity (Wildman–Crippen MR) is 98.9 cm³/mol. The van der Waals surface area contributed by atoms with Gasteiger partial charge in [0.1, 0.15) is 5.82 Å². The third kappa shape index (κ3) is 4.61. The molecule has 6 nitrogen and oxygen atoms in total. The molecule has 3 rings (SSSR count). The summed E-state index contributed by atoms with van der Waals surface area (Å²) < 4.78 is 2.27. The highest BCUT2D eigenvalue weighted by atomic mass is 35.5. The second-order valence-corrected chi connectivity index (χ2v) is 6.39. The van der Waals surface area contributed by atoms with E-state index >= 15 is 0 Å². The maximum atomic E-state index is 12.6. The van der Waals surface area contributed by atoms with Crippen molar-refractivity contribution >= 4 is 30.7 Å². The highest BCUT2D eigenvalue weighted by Gasteiger charge is 2.32. The lowest BCUT2D eigenvalue weighted by Crippen LogP contribution is -2.40. The maximum absolute atomic E-state index is 12.6. The summed E-state index contributed by atoms with van der Waals surface area (Å²) in [7, 11) is 1.93. The van der Waals surface area contributed by atoms with E-state index in [1.54, 1.807) is 0 Å². The Bertz CT molecular complexity index is 523. The number of carbonyl (C=O) groups is 1. The van der Waals surface area contributed by atoms with Crippen LogP contribution in [0.1, 0.15) is 62.6 Å². The Balaban J connectivity index is 0.00000144. The lowest BCUT2D eigenvalue weighted by molar-refractivity contribution is -0.135. The first-order chi connectivity index (χ1) is 10.8. The molecule has 0 bridgehead atoms. The molecule has 1 saturated heterocycles. The van der Waals surface area contributed by atoms with Crippen molar-refractivity contribution in [3.05, 3.63) is 11.6 Å². The van der Waals surface area contributed by atoms with Gasteiger partial charge >= 0.3 is 0 Å². The van der Waals surface area contributed by atoms with Crippen LogP contribution in [0.15, 0.2) is 0 Å². The van der Waals surface area contributed by atoms with Gasteiger partial charge in [-0.05, 0) is 52.1 Å². The third-order valence-corrected chi connectivity index (χ3v) is 4.83. The van der Waals surface area contributed by atoms with Crippen LogP contribution >= 0.6 is 24.8 Å². The molecule has 0 saturated carbocycles. The van der Waals surface area contributed by atoms with Gasteiger partial charge < -0.3 is 14.8 Å². The molecule has 1 aromatic rings. The van der Waals surface area contributed by atoms with E-state index in [2.05, 4.69) is 25.0 Å². The van der Waals surface area contributed by atoms with Crippen LogP contribution in [0.3, 0.4) is 0 Å². The van der Waals surface area contributed by atoms with Gasteiger partial charge in [0.25, 0.3) is 0 Å². The largest absolute Gasteiger partial charge is 0.332 e. The summed E-state index contributed by atoms with van der Waals surface area (Å²) in [6.07, 6.45) is 8.25. The number of hydrogen-bond donors (Lipinski definition) is 1. The number of halogens is 2. The van der Waals surface area contributed by atoms with Gasteiger partial charge in [0.15, 0.2) is 5.82 Å². The minimum atomic E-state index is 0. The van der Waals surface area contributed by atoms with Gasteiger partial charge in [0.05, 0.1) is 6.04 Å². The van der Waals surface area contributed by atoms with Crippen LogP contribution in [0.25, 0.3) is 0 Å². The van der Waals surface area contributed by atoms with Crippen molar-refractivity contribution in [1.82, 2.24) is 25.0 Å². The minimum Gasteiger partial charge on any atom is -0.332 e. The lowest BCUT2D eigenvalue weighted by Gasteiger charge is -2.35. The van der Waals surface area contributed by atoms with Crippen LogP contribution in [0.4, 0.5) is 0 Å². The Kier molecular flexibility index (Phi) is 9.02. The van der Waals surface area contributed by atoms with Crippen molar-refractivity contribution in [2.24, 2.45) is 0 Å². The van der Waals surface area contributed by atoms with Crippen molar-refractivity contribution in [1.29, 1.82) is 0 Å². The molecule has 1 N–H and O–H groups in total. The number of aryl methyl sites for hydroxylation is 1. The van der Waals surface area contributed by atoms with E-state index in [9.17, 15) is 4.79 Å². The van der Waals surface area contributed by atoms with E-state index in [0.717, 1.165) is 57.0 Å². The van der Waals surface area contributed by atoms with Gasteiger partial charge in [-0.2, -0.15) is 0 Å². The van der Waals surface area contributed by atoms with Gasteiger partial charge in [0, 0.05) is 25.9 Å². The molecule has 0 radical (unpaired) electrons. The number of carbonyl (C=O) groups excluding carboxylic acids is 1. The molecule has 0 spiro atoms. The number of hydrogen-bond acceptors (Lipinski definition) is 4. The SMILES string of the molecule is CNCCCC(=O)N1CCCCC1c1nnc2n1CCCC2.Cl.Cl. The number of amides is 1. The summed E-state index contributed by atoms with van der Waals surface area (Å²) >= 11 is 0. The molecule has 1 atom stereocenters. The molecule has 138 valence electrons. The second-order valence-electron chi connectivity index (χ2n) is 6.39. The fourth-order valence-corrected chi connectivity index (χ4v) is 3.64.